The number of nitrogens with one attached hydrogen (secondary N) is 1. The van der Waals surface area contributed by atoms with Gasteiger partial charge in [-0.15, -0.1) is 0 Å². The van der Waals surface area contributed by atoms with Crippen LogP contribution in [0.25, 0.3) is 0 Å². The fraction of sp³-hybridized carbons (Fsp3) is 0.364. The third kappa shape index (κ3) is 1.73. The zero-order valence-electron chi connectivity index (χ0n) is 7.22. The summed E-state index contributed by atoms with van der Waals surface area (Å²) in [6.45, 7) is 0. The average Bonchev–Trinajstić information content (AvgIpc) is 2.59. The molecule has 1 nitrogen and oxygen atoms in total. The molecule has 0 saturated heterocycles. The largest absolute Gasteiger partial charge is 0.213 e. The minimum Gasteiger partial charge on any atom is -0.213 e. The second-order valence-corrected chi connectivity index (χ2v) is 3.30. The lowest BCUT2D eigenvalue weighted by atomic mass is 10.3. The van der Waals surface area contributed by atoms with Crippen LogP contribution in [0.15, 0.2) is 30.3 Å². The van der Waals surface area contributed by atoms with Gasteiger partial charge in [-0.25, -0.2) is 4.99 Å². The molecule has 1 aliphatic carbocycles. The molecule has 1 saturated carbocycles. The quantitative estimate of drug-likeness (QED) is 0.638. The second-order valence-electron chi connectivity index (χ2n) is 3.30. The molecule has 1 aromatic rings. The molecule has 0 spiro atoms. The summed E-state index contributed by atoms with van der Waals surface area (Å²) in [6, 6.07) is 10.4. The monoisotopic (exact) mass is 160 g/mol. The Morgan fingerprint density at radius 3 is 2.25 bits per heavy atom. The molecule has 0 radical (unpaired) electrons. The molecule has 0 heterocycles. The molecular formula is C11H14N+. The van der Waals surface area contributed by atoms with E-state index in [0.717, 1.165) is 0 Å². The first kappa shape index (κ1) is 7.53. The molecule has 1 aliphatic rings. The van der Waals surface area contributed by atoms with Crippen molar-refractivity contribution in [3.8, 4) is 0 Å². The fourth-order valence-electron chi connectivity index (χ4n) is 1.65. The summed E-state index contributed by atoms with van der Waals surface area (Å²) in [5, 5.41) is 0. The SMILES string of the molecule is c1ccc([NH+]=C2CCCC2)cc1. The summed E-state index contributed by atoms with van der Waals surface area (Å²) in [5.41, 5.74) is 2.73. The maximum absolute atomic E-state index is 3.46. The minimum absolute atomic E-state index is 1.23. The van der Waals surface area contributed by atoms with Gasteiger partial charge in [0.1, 0.15) is 0 Å². The summed E-state index contributed by atoms with van der Waals surface area (Å²) < 4.78 is 0. The van der Waals surface area contributed by atoms with E-state index in [1.807, 2.05) is 6.07 Å². The lowest BCUT2D eigenvalue weighted by molar-refractivity contribution is -0.356. The van der Waals surface area contributed by atoms with Crippen LogP contribution in [-0.4, -0.2) is 5.71 Å². The zero-order chi connectivity index (χ0) is 8.23. The maximum atomic E-state index is 3.46. The minimum atomic E-state index is 1.23. The highest BCUT2D eigenvalue weighted by atomic mass is 14.7. The average molecular weight is 160 g/mol. The fourth-order valence-corrected chi connectivity index (χ4v) is 1.65. The molecule has 0 aliphatic heterocycles. The van der Waals surface area contributed by atoms with Gasteiger partial charge in [-0.1, -0.05) is 18.2 Å². The number of rotatable bonds is 1. The number of benzene rings is 1. The van der Waals surface area contributed by atoms with E-state index in [4.69, 9.17) is 0 Å². The molecule has 0 atom stereocenters. The van der Waals surface area contributed by atoms with Gasteiger partial charge in [0, 0.05) is 25.0 Å². The highest BCUT2D eigenvalue weighted by molar-refractivity contribution is 5.81. The van der Waals surface area contributed by atoms with E-state index >= 15 is 0 Å². The molecule has 0 unspecified atom stereocenters. The van der Waals surface area contributed by atoms with Gasteiger partial charge in [0.15, 0.2) is 5.71 Å². The number of para-hydroxylation sites is 1. The van der Waals surface area contributed by atoms with Crippen molar-refractivity contribution in [2.45, 2.75) is 25.7 Å². The van der Waals surface area contributed by atoms with Crippen molar-refractivity contribution in [1.82, 2.24) is 0 Å². The predicted molar refractivity (Wildman–Crippen MR) is 50.5 cm³/mol. The Morgan fingerprint density at radius 1 is 0.917 bits per heavy atom. The molecule has 0 amide bonds. The van der Waals surface area contributed by atoms with Crippen LogP contribution in [0.4, 0.5) is 5.69 Å². The van der Waals surface area contributed by atoms with E-state index in [-0.39, 0.29) is 0 Å². The summed E-state index contributed by atoms with van der Waals surface area (Å²) in [7, 11) is 0. The van der Waals surface area contributed by atoms with E-state index in [1.165, 1.54) is 37.1 Å². The van der Waals surface area contributed by atoms with E-state index in [1.54, 1.807) is 0 Å². The van der Waals surface area contributed by atoms with Crippen molar-refractivity contribution in [2.24, 2.45) is 0 Å². The molecule has 1 fully saturated rings. The molecule has 0 bridgehead atoms. The summed E-state index contributed by atoms with van der Waals surface area (Å²) in [4.78, 5) is 3.46. The number of hydrogen-bond donors (Lipinski definition) is 1. The first-order valence-electron chi connectivity index (χ1n) is 4.62. The Labute approximate surface area is 73.1 Å². The van der Waals surface area contributed by atoms with Gasteiger partial charge >= 0.3 is 0 Å². The van der Waals surface area contributed by atoms with Gasteiger partial charge < -0.3 is 0 Å². The first-order chi connectivity index (χ1) is 5.95. The van der Waals surface area contributed by atoms with Gasteiger partial charge in [-0.2, -0.15) is 0 Å². The van der Waals surface area contributed by atoms with Crippen LogP contribution in [0.2, 0.25) is 0 Å². The van der Waals surface area contributed by atoms with E-state index in [0.29, 0.717) is 0 Å². The van der Waals surface area contributed by atoms with Gasteiger partial charge in [-0.05, 0) is 12.8 Å². The Morgan fingerprint density at radius 2 is 1.58 bits per heavy atom. The van der Waals surface area contributed by atoms with Gasteiger partial charge in [0.05, 0.1) is 0 Å². The van der Waals surface area contributed by atoms with Crippen LogP contribution in [-0.2, 0) is 0 Å². The van der Waals surface area contributed by atoms with Crippen LogP contribution in [0, 0.1) is 0 Å². The molecule has 1 aromatic carbocycles. The molecule has 62 valence electrons. The zero-order valence-corrected chi connectivity index (χ0v) is 7.22. The molecular weight excluding hydrogens is 146 g/mol. The van der Waals surface area contributed by atoms with E-state index in [9.17, 15) is 0 Å². The second kappa shape index (κ2) is 3.53. The highest BCUT2D eigenvalue weighted by Crippen LogP contribution is 2.11. The van der Waals surface area contributed by atoms with Crippen molar-refractivity contribution < 1.29 is 4.99 Å². The molecule has 0 aromatic heterocycles. The summed E-state index contributed by atoms with van der Waals surface area (Å²) >= 11 is 0. The maximum Gasteiger partial charge on any atom is 0.203 e. The lowest BCUT2D eigenvalue weighted by Crippen LogP contribution is -2.65. The summed E-state index contributed by atoms with van der Waals surface area (Å²) in [5.74, 6) is 0. The van der Waals surface area contributed by atoms with Gasteiger partial charge in [0.25, 0.3) is 0 Å². The van der Waals surface area contributed by atoms with E-state index < -0.39 is 0 Å². The van der Waals surface area contributed by atoms with Crippen molar-refractivity contribution in [2.75, 3.05) is 0 Å². The third-order valence-corrected chi connectivity index (χ3v) is 2.30. The Balaban J connectivity index is 2.16. The molecule has 1 N–H and O–H groups in total. The van der Waals surface area contributed by atoms with Crippen molar-refractivity contribution in [3.05, 3.63) is 30.3 Å². The van der Waals surface area contributed by atoms with Crippen LogP contribution in [0.3, 0.4) is 0 Å². The smallest absolute Gasteiger partial charge is 0.203 e. The van der Waals surface area contributed by atoms with Crippen molar-refractivity contribution in [1.29, 1.82) is 0 Å². The standard InChI is InChI=1S/C11H13N/c1-2-6-10(7-3-1)12-11-8-4-5-9-11/h1-3,6-7H,4-5,8-9H2/p+1. The first-order valence-corrected chi connectivity index (χ1v) is 4.62. The van der Waals surface area contributed by atoms with E-state index in [2.05, 4.69) is 29.3 Å². The molecule has 2 rings (SSSR count). The van der Waals surface area contributed by atoms with Crippen molar-refractivity contribution >= 4 is 11.4 Å². The molecule has 1 heteroatoms. The highest BCUT2D eigenvalue weighted by Gasteiger charge is 2.13. The lowest BCUT2D eigenvalue weighted by Gasteiger charge is -1.87. The van der Waals surface area contributed by atoms with Gasteiger partial charge in [-0.3, -0.25) is 0 Å². The topological polar surface area (TPSA) is 14.0 Å². The van der Waals surface area contributed by atoms with Crippen LogP contribution in [0.1, 0.15) is 25.7 Å². The number of hydrogen-bond acceptors (Lipinski definition) is 0. The normalized spacial score (nSPS) is 16.5. The summed E-state index contributed by atoms with van der Waals surface area (Å²) in [6.07, 6.45) is 5.23. The molecule has 12 heavy (non-hydrogen) atoms. The third-order valence-electron chi connectivity index (χ3n) is 2.30. The Hall–Kier alpha value is -1.11. The predicted octanol–water partition coefficient (Wildman–Crippen LogP) is 1.41. The van der Waals surface area contributed by atoms with Gasteiger partial charge in [0.2, 0.25) is 5.69 Å². The van der Waals surface area contributed by atoms with Crippen LogP contribution >= 0.6 is 0 Å². The Bertz CT molecular complexity index is 266. The van der Waals surface area contributed by atoms with Crippen LogP contribution < -0.4 is 4.99 Å². The van der Waals surface area contributed by atoms with Crippen molar-refractivity contribution in [3.63, 3.8) is 0 Å². The Kier molecular flexibility index (Phi) is 2.21. The van der Waals surface area contributed by atoms with Crippen LogP contribution in [0.5, 0.6) is 0 Å².